The molecule has 2 aromatic heterocycles. The lowest BCUT2D eigenvalue weighted by atomic mass is 9.96. The summed E-state index contributed by atoms with van der Waals surface area (Å²) in [5.41, 5.74) is 3.62. The first-order chi connectivity index (χ1) is 13.7. The summed E-state index contributed by atoms with van der Waals surface area (Å²) in [6.45, 7) is 10.4. The zero-order valence-electron chi connectivity index (χ0n) is 17.8. The third-order valence-corrected chi connectivity index (χ3v) is 4.55. The van der Waals surface area contributed by atoms with E-state index in [4.69, 9.17) is 9.72 Å². The molecule has 3 rings (SSSR count). The Morgan fingerprint density at radius 1 is 1.14 bits per heavy atom. The number of fused-ring (bicyclic) bond motifs is 1. The molecule has 29 heavy (non-hydrogen) atoms. The number of imidazole rings is 1. The number of nitrogens with one attached hydrogen (secondary N) is 2. The number of rotatable bonds is 6. The summed E-state index contributed by atoms with van der Waals surface area (Å²) in [4.78, 5) is 24.4. The van der Waals surface area contributed by atoms with Crippen molar-refractivity contribution < 1.29 is 9.53 Å². The first kappa shape index (κ1) is 20.8. The second kappa shape index (κ2) is 8.64. The van der Waals surface area contributed by atoms with E-state index in [0.717, 1.165) is 34.4 Å². The van der Waals surface area contributed by atoms with Crippen molar-refractivity contribution in [3.63, 3.8) is 0 Å². The minimum absolute atomic E-state index is 0.0827. The molecule has 2 N–H and O–H groups in total. The largest absolute Gasteiger partial charge is 0.444 e. The molecule has 0 saturated carbocycles. The second-order valence-electron chi connectivity index (χ2n) is 8.80. The Kier molecular flexibility index (Phi) is 6.20. The number of hydrogen-bond donors (Lipinski definition) is 2. The highest BCUT2D eigenvalue weighted by atomic mass is 16.6. The van der Waals surface area contributed by atoms with Gasteiger partial charge in [-0.3, -0.25) is 4.98 Å². The Morgan fingerprint density at radius 2 is 1.86 bits per heavy atom. The van der Waals surface area contributed by atoms with Gasteiger partial charge < -0.3 is 15.0 Å². The number of hydrogen-bond acceptors (Lipinski definition) is 4. The number of nitrogens with zero attached hydrogens (tertiary/aromatic N) is 2. The first-order valence-corrected chi connectivity index (χ1v) is 10.1. The van der Waals surface area contributed by atoms with Crippen LogP contribution in [0.4, 0.5) is 4.79 Å². The first-order valence-electron chi connectivity index (χ1n) is 10.1. The van der Waals surface area contributed by atoms with Gasteiger partial charge in [0.1, 0.15) is 11.4 Å². The van der Waals surface area contributed by atoms with Gasteiger partial charge in [-0.05, 0) is 68.5 Å². The van der Waals surface area contributed by atoms with Crippen molar-refractivity contribution in [1.29, 1.82) is 0 Å². The standard InChI is InChI=1S/C23H30N4O2/c1-15(2)12-18(14-25-22(28)29-23(3,4)5)21-26-19-7-6-17(13-20(19)27-21)16-8-10-24-11-9-16/h6-11,13,15,18H,12,14H2,1-5H3,(H,25,28)(H,26,27). The van der Waals surface area contributed by atoms with E-state index in [-0.39, 0.29) is 5.92 Å². The Morgan fingerprint density at radius 3 is 2.52 bits per heavy atom. The molecule has 1 amide bonds. The molecule has 1 atom stereocenters. The van der Waals surface area contributed by atoms with Gasteiger partial charge in [0.05, 0.1) is 11.0 Å². The monoisotopic (exact) mass is 394 g/mol. The van der Waals surface area contributed by atoms with Gasteiger partial charge >= 0.3 is 6.09 Å². The minimum atomic E-state index is -0.514. The van der Waals surface area contributed by atoms with Crippen LogP contribution in [-0.4, -0.2) is 33.2 Å². The summed E-state index contributed by atoms with van der Waals surface area (Å²) in [5.74, 6) is 1.44. The number of benzene rings is 1. The lowest BCUT2D eigenvalue weighted by Crippen LogP contribution is -2.35. The molecule has 6 nitrogen and oxygen atoms in total. The van der Waals surface area contributed by atoms with Crippen LogP contribution in [0.25, 0.3) is 22.2 Å². The fourth-order valence-corrected chi connectivity index (χ4v) is 3.33. The number of amides is 1. The minimum Gasteiger partial charge on any atom is -0.444 e. The van der Waals surface area contributed by atoms with Gasteiger partial charge in [-0.1, -0.05) is 19.9 Å². The maximum Gasteiger partial charge on any atom is 0.407 e. The molecule has 2 heterocycles. The summed E-state index contributed by atoms with van der Waals surface area (Å²) in [6, 6.07) is 10.2. The molecule has 3 aromatic rings. The maximum atomic E-state index is 12.1. The fraction of sp³-hybridized carbons (Fsp3) is 0.435. The number of pyridine rings is 1. The van der Waals surface area contributed by atoms with Crippen LogP contribution in [-0.2, 0) is 4.74 Å². The van der Waals surface area contributed by atoms with Crippen molar-refractivity contribution >= 4 is 17.1 Å². The van der Waals surface area contributed by atoms with Crippen LogP contribution < -0.4 is 5.32 Å². The molecule has 0 radical (unpaired) electrons. The summed E-state index contributed by atoms with van der Waals surface area (Å²) in [6.07, 6.45) is 4.09. The molecule has 0 saturated heterocycles. The Balaban J connectivity index is 1.81. The molecule has 0 aliphatic rings. The van der Waals surface area contributed by atoms with Crippen LogP contribution in [0.1, 0.15) is 52.8 Å². The number of alkyl carbamates (subject to hydrolysis) is 1. The number of H-pyrrole nitrogens is 1. The second-order valence-corrected chi connectivity index (χ2v) is 8.80. The van der Waals surface area contributed by atoms with Crippen molar-refractivity contribution in [2.75, 3.05) is 6.54 Å². The lowest BCUT2D eigenvalue weighted by molar-refractivity contribution is 0.0523. The highest BCUT2D eigenvalue weighted by molar-refractivity contribution is 5.82. The maximum absolute atomic E-state index is 12.1. The van der Waals surface area contributed by atoms with Gasteiger partial charge in [0.25, 0.3) is 0 Å². The third kappa shape index (κ3) is 5.79. The smallest absolute Gasteiger partial charge is 0.407 e. The Bertz CT molecular complexity index is 958. The quantitative estimate of drug-likeness (QED) is 0.596. The van der Waals surface area contributed by atoms with E-state index in [1.165, 1.54) is 0 Å². The third-order valence-electron chi connectivity index (χ3n) is 4.55. The van der Waals surface area contributed by atoms with Crippen molar-refractivity contribution in [3.8, 4) is 11.1 Å². The summed E-state index contributed by atoms with van der Waals surface area (Å²) in [7, 11) is 0. The fourth-order valence-electron chi connectivity index (χ4n) is 3.33. The van der Waals surface area contributed by atoms with Crippen LogP contribution in [0, 0.1) is 5.92 Å². The van der Waals surface area contributed by atoms with E-state index in [1.807, 2.05) is 39.0 Å². The molecule has 154 valence electrons. The zero-order valence-corrected chi connectivity index (χ0v) is 17.8. The van der Waals surface area contributed by atoms with Crippen LogP contribution in [0.2, 0.25) is 0 Å². The van der Waals surface area contributed by atoms with Crippen molar-refractivity contribution in [2.45, 2.75) is 52.6 Å². The SMILES string of the molecule is CC(C)CC(CNC(=O)OC(C)(C)C)c1nc2ccc(-c3ccncc3)cc2[nH]1. The summed E-state index contributed by atoms with van der Waals surface area (Å²) in [5, 5.41) is 2.90. The molecule has 0 spiro atoms. The highest BCUT2D eigenvalue weighted by Crippen LogP contribution is 2.27. The molecule has 0 fully saturated rings. The van der Waals surface area contributed by atoms with Crippen LogP contribution in [0.3, 0.4) is 0 Å². The van der Waals surface area contributed by atoms with Gasteiger partial charge in [0.2, 0.25) is 0 Å². The van der Waals surface area contributed by atoms with Crippen LogP contribution >= 0.6 is 0 Å². The van der Waals surface area contributed by atoms with Gasteiger partial charge in [-0.25, -0.2) is 9.78 Å². The molecule has 1 unspecified atom stereocenters. The molecule has 6 heteroatoms. The molecule has 1 aromatic carbocycles. The van der Waals surface area contributed by atoms with E-state index in [2.05, 4.69) is 41.3 Å². The van der Waals surface area contributed by atoms with Gasteiger partial charge in [-0.15, -0.1) is 0 Å². The van der Waals surface area contributed by atoms with Gasteiger partial charge in [-0.2, -0.15) is 0 Å². The molecular formula is C23H30N4O2. The highest BCUT2D eigenvalue weighted by Gasteiger charge is 2.21. The van der Waals surface area contributed by atoms with Crippen molar-refractivity contribution in [2.24, 2.45) is 5.92 Å². The number of aromatic amines is 1. The van der Waals surface area contributed by atoms with E-state index in [0.29, 0.717) is 12.5 Å². The normalized spacial score (nSPS) is 12.9. The average Bonchev–Trinajstić information content (AvgIpc) is 3.07. The van der Waals surface area contributed by atoms with Crippen molar-refractivity contribution in [1.82, 2.24) is 20.3 Å². The van der Waals surface area contributed by atoms with Crippen LogP contribution in [0.15, 0.2) is 42.7 Å². The zero-order chi connectivity index (χ0) is 21.0. The predicted octanol–water partition coefficient (Wildman–Crippen LogP) is 5.28. The molecule has 0 aliphatic carbocycles. The number of carbonyl (C=O) groups is 1. The topological polar surface area (TPSA) is 79.9 Å². The average molecular weight is 395 g/mol. The number of carbonyl (C=O) groups excluding carboxylic acids is 1. The van der Waals surface area contributed by atoms with E-state index >= 15 is 0 Å². The Labute approximate surface area is 172 Å². The van der Waals surface area contributed by atoms with E-state index in [1.54, 1.807) is 12.4 Å². The van der Waals surface area contributed by atoms with Gasteiger partial charge in [0.15, 0.2) is 0 Å². The van der Waals surface area contributed by atoms with E-state index in [9.17, 15) is 4.79 Å². The molecule has 0 bridgehead atoms. The van der Waals surface area contributed by atoms with Crippen LogP contribution in [0.5, 0.6) is 0 Å². The van der Waals surface area contributed by atoms with E-state index < -0.39 is 11.7 Å². The number of ether oxygens (including phenoxy) is 1. The van der Waals surface area contributed by atoms with Gasteiger partial charge in [0, 0.05) is 24.9 Å². The lowest BCUT2D eigenvalue weighted by Gasteiger charge is -2.22. The molecular weight excluding hydrogens is 364 g/mol. The predicted molar refractivity (Wildman–Crippen MR) is 116 cm³/mol. The molecule has 0 aliphatic heterocycles. The van der Waals surface area contributed by atoms with Crippen molar-refractivity contribution in [3.05, 3.63) is 48.5 Å². The Hall–Kier alpha value is -2.89. The summed E-state index contributed by atoms with van der Waals surface area (Å²) < 4.78 is 5.37. The number of aromatic nitrogens is 3. The summed E-state index contributed by atoms with van der Waals surface area (Å²) >= 11 is 0.